The molecule has 2 heterocycles. The number of halogens is 3. The van der Waals surface area contributed by atoms with E-state index in [4.69, 9.17) is 0 Å². The Morgan fingerprint density at radius 1 is 1.12 bits per heavy atom. The van der Waals surface area contributed by atoms with E-state index in [1.54, 1.807) is 12.1 Å². The van der Waals surface area contributed by atoms with Gasteiger partial charge in [0.2, 0.25) is 0 Å². The van der Waals surface area contributed by atoms with Gasteiger partial charge in [-0.2, -0.15) is 17.7 Å². The summed E-state index contributed by atoms with van der Waals surface area (Å²) >= 11 is 0. The van der Waals surface area contributed by atoms with Crippen LogP contribution in [0, 0.1) is 0 Å². The first kappa shape index (κ1) is 16.9. The van der Waals surface area contributed by atoms with Gasteiger partial charge in [-0.1, -0.05) is 36.4 Å². The molecule has 5 nitrogen and oxygen atoms in total. The molecular weight excluding hydrogens is 331 g/mol. The van der Waals surface area contributed by atoms with Gasteiger partial charge >= 0.3 is 6.18 Å². The summed E-state index contributed by atoms with van der Waals surface area (Å²) in [6, 6.07) is 12.6. The maximum Gasteiger partial charge on any atom is 0.453 e. The summed E-state index contributed by atoms with van der Waals surface area (Å²) in [5.74, 6) is -0.829. The van der Waals surface area contributed by atoms with Crippen molar-refractivity contribution < 1.29 is 13.2 Å². The molecule has 0 fully saturated rings. The van der Waals surface area contributed by atoms with Gasteiger partial charge in [0, 0.05) is 0 Å². The average molecular weight is 347 g/mol. The topological polar surface area (TPSA) is 55.1 Å². The van der Waals surface area contributed by atoms with Gasteiger partial charge in [0.1, 0.15) is 5.82 Å². The Morgan fingerprint density at radius 2 is 1.88 bits per heavy atom. The Hall–Kier alpha value is -2.90. The standard InChI is InChI=1S/C17H16F3N5/c1-2-3-9-13(12-7-5-4-6-8-12)21-14-10-11-15-22-23-16(17(18,19)20)25(15)24-14/h2,4-8,10-11,13H,1,3,9H2,(H,21,24). The van der Waals surface area contributed by atoms with E-state index in [1.807, 2.05) is 30.3 Å². The minimum Gasteiger partial charge on any atom is -0.362 e. The summed E-state index contributed by atoms with van der Waals surface area (Å²) in [5, 5.41) is 13.9. The molecule has 0 aliphatic heterocycles. The predicted molar refractivity (Wildman–Crippen MR) is 88.0 cm³/mol. The third-order valence-corrected chi connectivity index (χ3v) is 3.70. The second kappa shape index (κ2) is 6.92. The van der Waals surface area contributed by atoms with E-state index in [0.717, 1.165) is 18.4 Å². The smallest absolute Gasteiger partial charge is 0.362 e. The number of rotatable bonds is 6. The zero-order valence-electron chi connectivity index (χ0n) is 13.2. The summed E-state index contributed by atoms with van der Waals surface area (Å²) in [6.45, 7) is 3.72. The first-order valence-corrected chi connectivity index (χ1v) is 7.71. The molecule has 3 rings (SSSR count). The third-order valence-electron chi connectivity index (χ3n) is 3.70. The van der Waals surface area contributed by atoms with Crippen LogP contribution < -0.4 is 5.32 Å². The van der Waals surface area contributed by atoms with E-state index >= 15 is 0 Å². The SMILES string of the molecule is C=CCCC(Nc1ccc2nnc(C(F)(F)F)n2n1)c1ccccc1. The lowest BCUT2D eigenvalue weighted by atomic mass is 10.0. The second-order valence-electron chi connectivity index (χ2n) is 5.48. The molecule has 1 atom stereocenters. The summed E-state index contributed by atoms with van der Waals surface area (Å²) in [6.07, 6.45) is -1.32. The molecule has 2 aromatic heterocycles. The van der Waals surface area contributed by atoms with Gasteiger partial charge in [-0.15, -0.1) is 21.9 Å². The lowest BCUT2D eigenvalue weighted by molar-refractivity contribution is -0.146. The predicted octanol–water partition coefficient (Wildman–Crippen LogP) is 4.26. The summed E-state index contributed by atoms with van der Waals surface area (Å²) in [7, 11) is 0. The Morgan fingerprint density at radius 3 is 2.56 bits per heavy atom. The largest absolute Gasteiger partial charge is 0.453 e. The van der Waals surface area contributed by atoms with E-state index in [2.05, 4.69) is 27.2 Å². The number of nitrogens with zero attached hydrogens (tertiary/aromatic N) is 4. The number of nitrogens with one attached hydrogen (secondary N) is 1. The molecular formula is C17H16F3N5. The number of hydrogen-bond acceptors (Lipinski definition) is 4. The van der Waals surface area contributed by atoms with Gasteiger partial charge < -0.3 is 5.32 Å². The molecule has 25 heavy (non-hydrogen) atoms. The molecule has 1 aromatic carbocycles. The van der Waals surface area contributed by atoms with E-state index in [0.29, 0.717) is 10.3 Å². The van der Waals surface area contributed by atoms with Gasteiger partial charge in [0.05, 0.1) is 6.04 Å². The van der Waals surface area contributed by atoms with Crippen LogP contribution in [0.25, 0.3) is 5.65 Å². The highest BCUT2D eigenvalue weighted by Gasteiger charge is 2.37. The van der Waals surface area contributed by atoms with Crippen molar-refractivity contribution in [2.45, 2.75) is 25.1 Å². The minimum atomic E-state index is -4.62. The lowest BCUT2D eigenvalue weighted by Gasteiger charge is -2.19. The first-order valence-electron chi connectivity index (χ1n) is 7.71. The van der Waals surface area contributed by atoms with Crippen molar-refractivity contribution in [3.63, 3.8) is 0 Å². The zero-order chi connectivity index (χ0) is 17.9. The van der Waals surface area contributed by atoms with Gasteiger partial charge in [0.15, 0.2) is 5.65 Å². The van der Waals surface area contributed by atoms with Gasteiger partial charge in [-0.3, -0.25) is 0 Å². The quantitative estimate of drug-likeness (QED) is 0.677. The van der Waals surface area contributed by atoms with E-state index < -0.39 is 12.0 Å². The van der Waals surface area contributed by atoms with Crippen LogP contribution in [0.5, 0.6) is 0 Å². The molecule has 0 bridgehead atoms. The van der Waals surface area contributed by atoms with Crippen LogP contribution in [-0.2, 0) is 6.18 Å². The number of alkyl halides is 3. The molecule has 1 unspecified atom stereocenters. The molecule has 0 radical (unpaired) electrons. The summed E-state index contributed by atoms with van der Waals surface area (Å²) in [5.41, 5.74) is 1.06. The first-order chi connectivity index (χ1) is 12.0. The fraction of sp³-hybridized carbons (Fsp3) is 0.235. The number of benzene rings is 1. The Balaban J connectivity index is 1.92. The molecule has 0 spiro atoms. The van der Waals surface area contributed by atoms with Crippen LogP contribution in [-0.4, -0.2) is 19.8 Å². The van der Waals surface area contributed by atoms with Gasteiger partial charge in [-0.25, -0.2) is 0 Å². The van der Waals surface area contributed by atoms with Crippen LogP contribution in [0.3, 0.4) is 0 Å². The molecule has 0 aliphatic rings. The highest BCUT2D eigenvalue weighted by Crippen LogP contribution is 2.28. The van der Waals surface area contributed by atoms with Crippen LogP contribution in [0.1, 0.15) is 30.3 Å². The summed E-state index contributed by atoms with van der Waals surface area (Å²) in [4.78, 5) is 0. The Kier molecular flexibility index (Phi) is 4.69. The fourth-order valence-electron chi connectivity index (χ4n) is 2.51. The Bertz CT molecular complexity index is 858. The molecule has 8 heteroatoms. The number of fused-ring (bicyclic) bond motifs is 1. The van der Waals surface area contributed by atoms with Crippen molar-refractivity contribution in [2.75, 3.05) is 5.32 Å². The maximum atomic E-state index is 13.0. The number of anilines is 1. The van der Waals surface area contributed by atoms with E-state index in [9.17, 15) is 13.2 Å². The van der Waals surface area contributed by atoms with E-state index in [1.165, 1.54) is 6.07 Å². The average Bonchev–Trinajstić information content (AvgIpc) is 3.03. The normalized spacial score (nSPS) is 12.9. The Labute approximate surface area is 142 Å². The van der Waals surface area contributed by atoms with Crippen LogP contribution in [0.4, 0.5) is 19.0 Å². The highest BCUT2D eigenvalue weighted by atomic mass is 19.4. The third kappa shape index (κ3) is 3.78. The molecule has 0 saturated heterocycles. The van der Waals surface area contributed by atoms with Crippen LogP contribution >= 0.6 is 0 Å². The zero-order valence-corrected chi connectivity index (χ0v) is 13.2. The van der Waals surface area contributed by atoms with Crippen LogP contribution in [0.2, 0.25) is 0 Å². The lowest BCUT2D eigenvalue weighted by Crippen LogP contribution is -2.15. The monoisotopic (exact) mass is 347 g/mol. The molecule has 130 valence electrons. The maximum absolute atomic E-state index is 13.0. The second-order valence-corrected chi connectivity index (χ2v) is 5.48. The van der Waals surface area contributed by atoms with Crippen molar-refractivity contribution in [3.8, 4) is 0 Å². The van der Waals surface area contributed by atoms with Gasteiger partial charge in [-0.05, 0) is 30.5 Å². The van der Waals surface area contributed by atoms with Crippen molar-refractivity contribution in [2.24, 2.45) is 0 Å². The molecule has 0 amide bonds. The number of aromatic nitrogens is 4. The van der Waals surface area contributed by atoms with Crippen LogP contribution in [0.15, 0.2) is 55.1 Å². The molecule has 0 saturated carbocycles. The highest BCUT2D eigenvalue weighted by molar-refractivity contribution is 5.45. The minimum absolute atomic E-state index is 0.0419. The van der Waals surface area contributed by atoms with Crippen molar-refractivity contribution in [1.82, 2.24) is 19.8 Å². The van der Waals surface area contributed by atoms with Crippen molar-refractivity contribution in [3.05, 3.63) is 66.5 Å². The molecule has 3 aromatic rings. The number of allylic oxidation sites excluding steroid dienone is 1. The van der Waals surface area contributed by atoms with Gasteiger partial charge in [0.25, 0.3) is 5.82 Å². The molecule has 0 aliphatic carbocycles. The molecule has 1 N–H and O–H groups in total. The van der Waals surface area contributed by atoms with E-state index in [-0.39, 0.29) is 11.7 Å². The number of hydrogen-bond donors (Lipinski definition) is 1. The van der Waals surface area contributed by atoms with Crippen molar-refractivity contribution >= 4 is 11.5 Å². The fourth-order valence-corrected chi connectivity index (χ4v) is 2.51. The van der Waals surface area contributed by atoms with Crippen molar-refractivity contribution in [1.29, 1.82) is 0 Å². The summed E-state index contributed by atoms with van der Waals surface area (Å²) < 4.78 is 39.7.